The molecule has 0 spiro atoms. The minimum Gasteiger partial charge on any atom is -0.358 e. The summed E-state index contributed by atoms with van der Waals surface area (Å²) < 4.78 is 39.6. The van der Waals surface area contributed by atoms with Crippen molar-refractivity contribution in [2.75, 3.05) is 11.9 Å². The van der Waals surface area contributed by atoms with Gasteiger partial charge >= 0.3 is 0 Å². The van der Waals surface area contributed by atoms with Crippen molar-refractivity contribution in [3.8, 4) is 0 Å². The van der Waals surface area contributed by atoms with Crippen LogP contribution < -0.4 is 10.6 Å². The highest BCUT2D eigenvalue weighted by Crippen LogP contribution is 2.22. The second-order valence-electron chi connectivity index (χ2n) is 6.09. The highest BCUT2D eigenvalue weighted by atomic mass is 19.2. The summed E-state index contributed by atoms with van der Waals surface area (Å²) in [5, 5.41) is 5.39. The van der Waals surface area contributed by atoms with Crippen molar-refractivity contribution in [1.82, 2.24) is 10.3 Å². The Morgan fingerprint density at radius 1 is 1.04 bits per heavy atom. The number of aromatic nitrogens is 1. The van der Waals surface area contributed by atoms with E-state index in [9.17, 15) is 22.8 Å². The normalized spacial score (nSPS) is 10.9. The average Bonchev–Trinajstić information content (AvgIpc) is 2.94. The molecule has 0 aliphatic carbocycles. The van der Waals surface area contributed by atoms with E-state index >= 15 is 0 Å². The van der Waals surface area contributed by atoms with E-state index in [1.165, 1.54) is 0 Å². The van der Waals surface area contributed by atoms with Crippen LogP contribution in [0.2, 0.25) is 0 Å². The maximum atomic E-state index is 13.6. The maximum Gasteiger partial charge on any atom is 0.251 e. The first kappa shape index (κ1) is 18.5. The minimum atomic E-state index is -1.68. The van der Waals surface area contributed by atoms with Gasteiger partial charge < -0.3 is 15.6 Å². The van der Waals surface area contributed by atoms with E-state index in [1.807, 2.05) is 13.8 Å². The molecule has 0 aliphatic heterocycles. The molecule has 0 atom stereocenters. The summed E-state index contributed by atoms with van der Waals surface area (Å²) in [4.78, 5) is 27.3. The third-order valence-electron chi connectivity index (χ3n) is 4.29. The van der Waals surface area contributed by atoms with Gasteiger partial charge in [0.15, 0.2) is 17.5 Å². The smallest absolute Gasteiger partial charge is 0.251 e. The number of aryl methyl sites for hydroxylation is 2. The second-order valence-corrected chi connectivity index (χ2v) is 6.09. The molecule has 5 nitrogen and oxygen atoms in total. The first-order chi connectivity index (χ1) is 12.8. The van der Waals surface area contributed by atoms with Crippen molar-refractivity contribution in [2.24, 2.45) is 0 Å². The largest absolute Gasteiger partial charge is 0.358 e. The molecule has 140 valence electrons. The van der Waals surface area contributed by atoms with Crippen LogP contribution in [0, 0.1) is 31.3 Å². The molecule has 0 aliphatic rings. The Hall–Kier alpha value is -3.29. The summed E-state index contributed by atoms with van der Waals surface area (Å²) in [5.74, 6) is -5.80. The summed E-state index contributed by atoms with van der Waals surface area (Å²) in [7, 11) is 0. The fourth-order valence-corrected chi connectivity index (χ4v) is 2.68. The number of carbonyl (C=O) groups is 2. The summed E-state index contributed by atoms with van der Waals surface area (Å²) in [6, 6.07) is 6.68. The highest BCUT2D eigenvalue weighted by Gasteiger charge is 2.16. The van der Waals surface area contributed by atoms with Gasteiger partial charge in [-0.2, -0.15) is 0 Å². The summed E-state index contributed by atoms with van der Waals surface area (Å²) in [6.07, 6.45) is 0. The van der Waals surface area contributed by atoms with Crippen LogP contribution in [0.4, 0.5) is 18.9 Å². The van der Waals surface area contributed by atoms with E-state index in [0.29, 0.717) is 11.6 Å². The number of halogens is 3. The van der Waals surface area contributed by atoms with Gasteiger partial charge in [0, 0.05) is 22.2 Å². The third-order valence-corrected chi connectivity index (χ3v) is 4.29. The van der Waals surface area contributed by atoms with E-state index < -0.39 is 41.5 Å². The number of hydrogen-bond donors (Lipinski definition) is 3. The number of fused-ring (bicyclic) bond motifs is 1. The van der Waals surface area contributed by atoms with Crippen LogP contribution in [0.3, 0.4) is 0 Å². The van der Waals surface area contributed by atoms with E-state index in [2.05, 4.69) is 15.6 Å². The monoisotopic (exact) mass is 375 g/mol. The van der Waals surface area contributed by atoms with Crippen molar-refractivity contribution in [2.45, 2.75) is 13.8 Å². The molecule has 3 N–H and O–H groups in total. The first-order valence-corrected chi connectivity index (χ1v) is 8.08. The summed E-state index contributed by atoms with van der Waals surface area (Å²) in [6.45, 7) is 3.40. The van der Waals surface area contributed by atoms with Crippen LogP contribution in [-0.4, -0.2) is 23.3 Å². The maximum absolute atomic E-state index is 13.6. The third kappa shape index (κ3) is 3.64. The number of hydrogen-bond acceptors (Lipinski definition) is 2. The molecule has 0 saturated heterocycles. The van der Waals surface area contributed by atoms with Crippen molar-refractivity contribution in [3.63, 3.8) is 0 Å². The zero-order chi connectivity index (χ0) is 19.7. The van der Waals surface area contributed by atoms with Gasteiger partial charge in [-0.3, -0.25) is 9.59 Å². The van der Waals surface area contributed by atoms with Crippen LogP contribution in [-0.2, 0) is 4.79 Å². The SMILES string of the molecule is Cc1[nH]c2ccc(C(=O)NCC(=O)Nc3ccc(F)c(F)c3F)cc2c1C. The molecule has 2 amide bonds. The van der Waals surface area contributed by atoms with Crippen LogP contribution >= 0.6 is 0 Å². The molecule has 0 saturated carbocycles. The molecular weight excluding hydrogens is 359 g/mol. The van der Waals surface area contributed by atoms with E-state index in [4.69, 9.17) is 0 Å². The van der Waals surface area contributed by atoms with Gasteiger partial charge in [-0.15, -0.1) is 0 Å². The van der Waals surface area contributed by atoms with Crippen LogP contribution in [0.1, 0.15) is 21.6 Å². The molecule has 8 heteroatoms. The number of anilines is 1. The van der Waals surface area contributed by atoms with Crippen molar-refractivity contribution in [1.29, 1.82) is 0 Å². The number of benzene rings is 2. The number of amides is 2. The van der Waals surface area contributed by atoms with Gasteiger partial charge in [0.2, 0.25) is 5.91 Å². The van der Waals surface area contributed by atoms with Gasteiger partial charge in [0.05, 0.1) is 12.2 Å². The molecule has 3 aromatic rings. The summed E-state index contributed by atoms with van der Waals surface area (Å²) >= 11 is 0. The molecule has 1 aromatic heterocycles. The molecule has 27 heavy (non-hydrogen) atoms. The fraction of sp³-hybridized carbons (Fsp3) is 0.158. The molecule has 1 heterocycles. The number of aromatic amines is 1. The zero-order valence-electron chi connectivity index (χ0n) is 14.5. The summed E-state index contributed by atoms with van der Waals surface area (Å²) in [5.41, 5.74) is 2.76. The molecule has 0 bridgehead atoms. The van der Waals surface area contributed by atoms with E-state index in [-0.39, 0.29) is 0 Å². The molecule has 3 rings (SSSR count). The molecular formula is C19H16F3N3O2. The molecule has 2 aromatic carbocycles. The zero-order valence-corrected chi connectivity index (χ0v) is 14.5. The fourth-order valence-electron chi connectivity index (χ4n) is 2.68. The van der Waals surface area contributed by atoms with Gasteiger partial charge in [0.1, 0.15) is 0 Å². The topological polar surface area (TPSA) is 74.0 Å². The second kappa shape index (κ2) is 7.14. The Morgan fingerprint density at radius 3 is 2.52 bits per heavy atom. The lowest BCUT2D eigenvalue weighted by Crippen LogP contribution is -2.33. The average molecular weight is 375 g/mol. The Balaban J connectivity index is 1.66. The van der Waals surface area contributed by atoms with Gasteiger partial charge in [0.25, 0.3) is 5.91 Å². The number of H-pyrrole nitrogens is 1. The Kier molecular flexibility index (Phi) is 4.89. The molecule has 0 fully saturated rings. The van der Waals surface area contributed by atoms with Gasteiger partial charge in [-0.1, -0.05) is 0 Å². The number of rotatable bonds is 4. The van der Waals surface area contributed by atoms with Crippen LogP contribution in [0.15, 0.2) is 30.3 Å². The van der Waals surface area contributed by atoms with E-state index in [0.717, 1.165) is 28.2 Å². The Morgan fingerprint density at radius 2 is 1.78 bits per heavy atom. The molecule has 0 radical (unpaired) electrons. The lowest BCUT2D eigenvalue weighted by Gasteiger charge is -2.09. The molecule has 0 unspecified atom stereocenters. The number of carbonyl (C=O) groups excluding carboxylic acids is 2. The van der Waals surface area contributed by atoms with Crippen molar-refractivity contribution in [3.05, 3.63) is 64.6 Å². The van der Waals surface area contributed by atoms with Crippen LogP contribution in [0.25, 0.3) is 10.9 Å². The highest BCUT2D eigenvalue weighted by molar-refractivity contribution is 6.01. The lowest BCUT2D eigenvalue weighted by atomic mass is 10.1. The Labute approximate surface area is 152 Å². The Bertz CT molecular complexity index is 1060. The van der Waals surface area contributed by atoms with Gasteiger partial charge in [-0.25, -0.2) is 13.2 Å². The van der Waals surface area contributed by atoms with Crippen molar-refractivity contribution < 1.29 is 22.8 Å². The lowest BCUT2D eigenvalue weighted by molar-refractivity contribution is -0.115. The van der Waals surface area contributed by atoms with Gasteiger partial charge in [-0.05, 0) is 49.7 Å². The van der Waals surface area contributed by atoms with Crippen molar-refractivity contribution >= 4 is 28.4 Å². The first-order valence-electron chi connectivity index (χ1n) is 8.08. The quantitative estimate of drug-likeness (QED) is 0.610. The number of nitrogens with one attached hydrogen (secondary N) is 3. The van der Waals surface area contributed by atoms with Crippen LogP contribution in [0.5, 0.6) is 0 Å². The predicted molar refractivity (Wildman–Crippen MR) is 95.1 cm³/mol. The standard InChI is InChI=1S/C19H16F3N3O2/c1-9-10(2)24-14-5-3-11(7-12(9)14)19(27)23-8-16(26)25-15-6-4-13(20)17(21)18(15)22/h3-7,24H,8H2,1-2H3,(H,23,27)(H,25,26). The minimum absolute atomic E-state index is 0.358. The predicted octanol–water partition coefficient (Wildman–Crippen LogP) is 3.57. The van der Waals surface area contributed by atoms with E-state index in [1.54, 1.807) is 18.2 Å².